The van der Waals surface area contributed by atoms with Gasteiger partial charge in [-0.2, -0.15) is 0 Å². The van der Waals surface area contributed by atoms with E-state index in [0.29, 0.717) is 0 Å². The Bertz CT molecular complexity index is 932. The van der Waals surface area contributed by atoms with Gasteiger partial charge >= 0.3 is 0 Å². The fourth-order valence-electron chi connectivity index (χ4n) is 2.81. The first kappa shape index (κ1) is 19.9. The highest BCUT2D eigenvalue weighted by molar-refractivity contribution is 6.06. The molecule has 0 aromatic heterocycles. The molecular formula is C27H26. The smallest absolute Gasteiger partial charge is 0.00271 e. The molecule has 0 unspecified atom stereocenters. The van der Waals surface area contributed by atoms with Crippen molar-refractivity contribution in [3.05, 3.63) is 145 Å². The minimum atomic E-state index is 0.830. The van der Waals surface area contributed by atoms with Crippen LogP contribution in [0.15, 0.2) is 134 Å². The molecule has 0 aliphatic heterocycles. The van der Waals surface area contributed by atoms with Gasteiger partial charge in [0.15, 0.2) is 0 Å². The normalized spacial score (nSPS) is 11.6. The minimum Gasteiger partial charge on any atom is -0.0991 e. The van der Waals surface area contributed by atoms with Crippen LogP contribution in [-0.4, -0.2) is 0 Å². The van der Waals surface area contributed by atoms with Gasteiger partial charge in [0.25, 0.3) is 0 Å². The standard InChI is InChI=1S/C27H26/c1-7-8-15-21(4)23(6)27(25-18-13-10-14-19-25)26(22(5)20(2)3)24-16-11-9-12-17-24/h7-19H,1-2,4-6H2,3H3/b15-8-,27-26-. The van der Waals surface area contributed by atoms with Gasteiger partial charge in [-0.15, -0.1) is 0 Å². The summed E-state index contributed by atoms with van der Waals surface area (Å²) in [5.41, 5.74) is 7.66. The number of allylic oxidation sites excluding steroid dienone is 9. The van der Waals surface area contributed by atoms with Gasteiger partial charge in [-0.05, 0) is 45.9 Å². The Morgan fingerprint density at radius 3 is 1.56 bits per heavy atom. The third-order valence-corrected chi connectivity index (χ3v) is 4.31. The summed E-state index contributed by atoms with van der Waals surface area (Å²) in [6.45, 7) is 22.7. The van der Waals surface area contributed by atoms with Gasteiger partial charge in [0, 0.05) is 0 Å². The summed E-state index contributed by atoms with van der Waals surface area (Å²) in [7, 11) is 0. The van der Waals surface area contributed by atoms with Crippen molar-refractivity contribution in [2.24, 2.45) is 0 Å². The van der Waals surface area contributed by atoms with E-state index < -0.39 is 0 Å². The third kappa shape index (κ3) is 4.83. The number of hydrogen-bond donors (Lipinski definition) is 0. The van der Waals surface area contributed by atoms with E-state index >= 15 is 0 Å². The zero-order chi connectivity index (χ0) is 19.8. The second-order valence-corrected chi connectivity index (χ2v) is 6.34. The van der Waals surface area contributed by atoms with E-state index in [0.717, 1.165) is 44.6 Å². The zero-order valence-corrected chi connectivity index (χ0v) is 16.0. The molecule has 0 saturated carbocycles. The Hall–Kier alpha value is -3.38. The minimum absolute atomic E-state index is 0.830. The molecule has 0 atom stereocenters. The first-order valence-electron chi connectivity index (χ1n) is 8.85. The van der Waals surface area contributed by atoms with Gasteiger partial charge in [-0.1, -0.05) is 117 Å². The van der Waals surface area contributed by atoms with Crippen LogP contribution >= 0.6 is 0 Å². The van der Waals surface area contributed by atoms with Crippen LogP contribution in [0.2, 0.25) is 0 Å². The molecule has 0 fully saturated rings. The second-order valence-electron chi connectivity index (χ2n) is 6.34. The summed E-state index contributed by atoms with van der Waals surface area (Å²) in [6.07, 6.45) is 5.52. The quantitative estimate of drug-likeness (QED) is 0.340. The fourth-order valence-corrected chi connectivity index (χ4v) is 2.81. The molecule has 0 aliphatic rings. The van der Waals surface area contributed by atoms with Crippen LogP contribution in [-0.2, 0) is 0 Å². The SMILES string of the molecule is C=C/C=C\C(=C)C(=C)/C(=C(\C(=C)C(=C)C)c1ccccc1)c1ccccc1. The zero-order valence-electron chi connectivity index (χ0n) is 16.0. The largest absolute Gasteiger partial charge is 0.0991 e. The van der Waals surface area contributed by atoms with E-state index in [-0.39, 0.29) is 0 Å². The van der Waals surface area contributed by atoms with Crippen molar-refractivity contribution in [2.75, 3.05) is 0 Å². The third-order valence-electron chi connectivity index (χ3n) is 4.31. The van der Waals surface area contributed by atoms with Crippen molar-refractivity contribution in [1.82, 2.24) is 0 Å². The van der Waals surface area contributed by atoms with Crippen LogP contribution in [0, 0.1) is 0 Å². The summed E-state index contributed by atoms with van der Waals surface area (Å²) < 4.78 is 0. The summed E-state index contributed by atoms with van der Waals surface area (Å²) in [6, 6.07) is 20.5. The van der Waals surface area contributed by atoms with E-state index in [9.17, 15) is 0 Å². The molecular weight excluding hydrogens is 324 g/mol. The molecule has 2 aromatic carbocycles. The lowest BCUT2D eigenvalue weighted by molar-refractivity contribution is 1.44. The van der Waals surface area contributed by atoms with E-state index in [1.165, 1.54) is 0 Å². The molecule has 0 amide bonds. The van der Waals surface area contributed by atoms with Crippen LogP contribution in [0.5, 0.6) is 0 Å². The molecule has 0 heterocycles. The Labute approximate surface area is 163 Å². The fraction of sp³-hybridized carbons (Fsp3) is 0.0370. The molecule has 27 heavy (non-hydrogen) atoms. The van der Waals surface area contributed by atoms with Crippen molar-refractivity contribution in [3.63, 3.8) is 0 Å². The molecule has 0 heteroatoms. The van der Waals surface area contributed by atoms with Gasteiger partial charge in [0.1, 0.15) is 0 Å². The molecule has 0 N–H and O–H groups in total. The first-order chi connectivity index (χ1) is 13.0. The Morgan fingerprint density at radius 2 is 1.15 bits per heavy atom. The topological polar surface area (TPSA) is 0 Å². The van der Waals surface area contributed by atoms with Gasteiger partial charge in [-0.25, -0.2) is 0 Å². The van der Waals surface area contributed by atoms with Gasteiger partial charge in [-0.3, -0.25) is 0 Å². The highest BCUT2D eigenvalue weighted by Crippen LogP contribution is 2.39. The lowest BCUT2D eigenvalue weighted by Gasteiger charge is -2.21. The molecule has 0 saturated heterocycles. The number of hydrogen-bond acceptors (Lipinski definition) is 0. The van der Waals surface area contributed by atoms with Gasteiger partial charge < -0.3 is 0 Å². The van der Waals surface area contributed by atoms with Crippen molar-refractivity contribution < 1.29 is 0 Å². The van der Waals surface area contributed by atoms with Crippen LogP contribution < -0.4 is 0 Å². The molecule has 2 aromatic rings. The van der Waals surface area contributed by atoms with Crippen LogP contribution in [0.25, 0.3) is 11.1 Å². The van der Waals surface area contributed by atoms with E-state index in [2.05, 4.69) is 57.2 Å². The predicted octanol–water partition coefficient (Wildman–Crippen LogP) is 7.58. The van der Waals surface area contributed by atoms with E-state index in [1.54, 1.807) is 6.08 Å². The maximum absolute atomic E-state index is 4.36. The molecule has 0 aliphatic carbocycles. The maximum atomic E-state index is 4.36. The van der Waals surface area contributed by atoms with Crippen LogP contribution in [0.3, 0.4) is 0 Å². The maximum Gasteiger partial charge on any atom is -0.00271 e. The monoisotopic (exact) mass is 350 g/mol. The molecule has 0 nitrogen and oxygen atoms in total. The van der Waals surface area contributed by atoms with Crippen molar-refractivity contribution in [1.29, 1.82) is 0 Å². The Morgan fingerprint density at radius 1 is 0.704 bits per heavy atom. The molecule has 0 bridgehead atoms. The van der Waals surface area contributed by atoms with E-state index in [4.69, 9.17) is 0 Å². The summed E-state index contributed by atoms with van der Waals surface area (Å²) in [5.74, 6) is 0. The van der Waals surface area contributed by atoms with Crippen molar-refractivity contribution in [3.8, 4) is 0 Å². The highest BCUT2D eigenvalue weighted by atomic mass is 14.2. The molecule has 134 valence electrons. The number of benzene rings is 2. The molecule has 0 spiro atoms. The van der Waals surface area contributed by atoms with E-state index in [1.807, 2.05) is 55.5 Å². The second kappa shape index (κ2) is 9.35. The molecule has 0 radical (unpaired) electrons. The summed E-state index contributed by atoms with van der Waals surface area (Å²) >= 11 is 0. The van der Waals surface area contributed by atoms with Crippen LogP contribution in [0.1, 0.15) is 18.1 Å². The first-order valence-corrected chi connectivity index (χ1v) is 8.85. The highest BCUT2D eigenvalue weighted by Gasteiger charge is 2.18. The lowest BCUT2D eigenvalue weighted by Crippen LogP contribution is -2.00. The summed E-state index contributed by atoms with van der Waals surface area (Å²) in [5, 5.41) is 0. The van der Waals surface area contributed by atoms with Gasteiger partial charge in [0.05, 0.1) is 0 Å². The van der Waals surface area contributed by atoms with Crippen molar-refractivity contribution >= 4 is 11.1 Å². The average Bonchev–Trinajstić information content (AvgIpc) is 2.70. The van der Waals surface area contributed by atoms with Gasteiger partial charge in [0.2, 0.25) is 0 Å². The Balaban J connectivity index is 2.84. The van der Waals surface area contributed by atoms with Crippen molar-refractivity contribution in [2.45, 2.75) is 6.92 Å². The molecule has 2 rings (SSSR count). The lowest BCUT2D eigenvalue weighted by atomic mass is 9.82. The average molecular weight is 351 g/mol. The summed E-state index contributed by atoms with van der Waals surface area (Å²) in [4.78, 5) is 0. The Kier molecular flexibility index (Phi) is 6.91. The number of rotatable bonds is 8. The van der Waals surface area contributed by atoms with Crippen LogP contribution in [0.4, 0.5) is 0 Å². The predicted molar refractivity (Wildman–Crippen MR) is 121 cm³/mol.